The first-order valence-electron chi connectivity index (χ1n) is 9.75. The van der Waals surface area contributed by atoms with E-state index in [-0.39, 0.29) is 22.9 Å². The molecule has 1 aliphatic rings. The van der Waals surface area contributed by atoms with Crippen molar-refractivity contribution in [1.82, 2.24) is 24.3 Å². The maximum Gasteiger partial charge on any atom is 0.330 e. The molecule has 1 saturated heterocycles. The summed E-state index contributed by atoms with van der Waals surface area (Å²) >= 11 is 0. The van der Waals surface area contributed by atoms with Crippen molar-refractivity contribution < 1.29 is 0 Å². The van der Waals surface area contributed by atoms with Crippen LogP contribution in [0.3, 0.4) is 0 Å². The van der Waals surface area contributed by atoms with Gasteiger partial charge < -0.3 is 14.9 Å². The lowest BCUT2D eigenvalue weighted by Gasteiger charge is -2.28. The summed E-state index contributed by atoms with van der Waals surface area (Å²) in [5, 5.41) is 4.33. The minimum absolute atomic E-state index is 0.118. The Bertz CT molecular complexity index is 1220. The highest BCUT2D eigenvalue weighted by Gasteiger charge is 2.25. The van der Waals surface area contributed by atoms with E-state index >= 15 is 0 Å². The van der Waals surface area contributed by atoms with Crippen molar-refractivity contribution in [3.05, 3.63) is 78.8 Å². The molecule has 2 aromatic heterocycles. The summed E-state index contributed by atoms with van der Waals surface area (Å²) < 4.78 is 2.55. The Morgan fingerprint density at radius 1 is 1.10 bits per heavy atom. The zero-order chi connectivity index (χ0) is 20.5. The number of fused-ring (bicyclic) bond motifs is 1. The minimum Gasteiger partial charge on any atom is -0.322 e. The highest BCUT2D eigenvalue weighted by atomic mass is 16.2. The lowest BCUT2D eigenvalue weighted by molar-refractivity contribution is 0.188. The van der Waals surface area contributed by atoms with Gasteiger partial charge in [-0.3, -0.25) is 19.1 Å². The van der Waals surface area contributed by atoms with Crippen LogP contribution in [0.2, 0.25) is 0 Å². The van der Waals surface area contributed by atoms with E-state index in [0.29, 0.717) is 24.2 Å². The normalized spacial score (nSPS) is 16.7. The number of pyridine rings is 1. The molecule has 1 fully saturated rings. The van der Waals surface area contributed by atoms with Crippen LogP contribution < -0.4 is 22.1 Å². The molecule has 0 amide bonds. The molecule has 0 spiro atoms. The summed E-state index contributed by atoms with van der Waals surface area (Å²) in [6, 6.07) is 9.82. The molecule has 1 aliphatic heterocycles. The molecule has 0 aliphatic carbocycles. The van der Waals surface area contributed by atoms with Crippen LogP contribution in [0, 0.1) is 0 Å². The number of hydrogen-bond donors (Lipinski definition) is 2. The number of aromatic amines is 1. The summed E-state index contributed by atoms with van der Waals surface area (Å²) in [6.07, 6.45) is 2.54. The van der Waals surface area contributed by atoms with Crippen molar-refractivity contribution >= 4 is 10.9 Å². The summed E-state index contributed by atoms with van der Waals surface area (Å²) in [4.78, 5) is 42.4. The summed E-state index contributed by atoms with van der Waals surface area (Å²) in [5.74, 6) is 0. The molecule has 3 aromatic rings. The minimum atomic E-state index is -0.348. The predicted octanol–water partition coefficient (Wildman–Crippen LogP) is 0.290. The fraction of sp³-hybridized carbons (Fsp3) is 0.381. The molecule has 0 bridgehead atoms. The number of para-hydroxylation sites is 1. The lowest BCUT2D eigenvalue weighted by atomic mass is 10.1. The van der Waals surface area contributed by atoms with Gasteiger partial charge in [0.1, 0.15) is 0 Å². The van der Waals surface area contributed by atoms with E-state index in [1.807, 2.05) is 30.3 Å². The molecule has 152 valence electrons. The molecule has 8 heteroatoms. The van der Waals surface area contributed by atoms with Gasteiger partial charge in [-0.2, -0.15) is 0 Å². The topological polar surface area (TPSA) is 92.1 Å². The average molecular weight is 395 g/mol. The second kappa shape index (κ2) is 7.81. The number of nitrogens with zero attached hydrogens (tertiary/aromatic N) is 3. The maximum absolute atomic E-state index is 12.6. The Hall–Kier alpha value is -2.97. The first kappa shape index (κ1) is 19.4. The second-order valence-corrected chi connectivity index (χ2v) is 7.67. The molecule has 4 rings (SSSR count). The van der Waals surface area contributed by atoms with Gasteiger partial charge in [-0.05, 0) is 30.5 Å². The van der Waals surface area contributed by atoms with E-state index in [1.165, 1.54) is 11.6 Å². The average Bonchev–Trinajstić information content (AvgIpc) is 3.25. The SMILES string of the molecule is Cn1cc(CN(Cc2cc3ccccc3[nH]c2=O)C2CCNC2)c(=O)n(C)c1=O. The number of rotatable bonds is 5. The van der Waals surface area contributed by atoms with Gasteiger partial charge >= 0.3 is 5.69 Å². The molecular weight excluding hydrogens is 370 g/mol. The third kappa shape index (κ3) is 3.81. The van der Waals surface area contributed by atoms with E-state index in [2.05, 4.69) is 15.2 Å². The van der Waals surface area contributed by atoms with E-state index in [1.54, 1.807) is 13.2 Å². The monoisotopic (exact) mass is 395 g/mol. The maximum atomic E-state index is 12.6. The number of H-pyrrole nitrogens is 1. The standard InChI is InChI=1S/C21H25N5O3/c1-24-11-16(20(28)25(2)21(24)29)13-26(17-7-8-22-10-17)12-15-9-14-5-3-4-6-18(14)23-19(15)27/h3-6,9,11,17,22H,7-8,10,12-13H2,1-2H3,(H,23,27). The zero-order valence-corrected chi connectivity index (χ0v) is 16.6. The molecular formula is C21H25N5O3. The van der Waals surface area contributed by atoms with Gasteiger partial charge in [0, 0.05) is 62.6 Å². The molecule has 0 saturated carbocycles. The molecule has 29 heavy (non-hydrogen) atoms. The third-order valence-corrected chi connectivity index (χ3v) is 5.65. The van der Waals surface area contributed by atoms with Crippen LogP contribution in [0.25, 0.3) is 10.9 Å². The Morgan fingerprint density at radius 2 is 1.86 bits per heavy atom. The predicted molar refractivity (Wildman–Crippen MR) is 112 cm³/mol. The van der Waals surface area contributed by atoms with Crippen molar-refractivity contribution in [3.8, 4) is 0 Å². The van der Waals surface area contributed by atoms with E-state index in [4.69, 9.17) is 0 Å². The van der Waals surface area contributed by atoms with Crippen LogP contribution in [0.1, 0.15) is 17.5 Å². The summed E-state index contributed by atoms with van der Waals surface area (Å²) in [6.45, 7) is 2.51. The van der Waals surface area contributed by atoms with Crippen LogP contribution in [0.5, 0.6) is 0 Å². The highest BCUT2D eigenvalue weighted by Crippen LogP contribution is 2.17. The van der Waals surface area contributed by atoms with Crippen molar-refractivity contribution in [2.75, 3.05) is 13.1 Å². The van der Waals surface area contributed by atoms with Gasteiger partial charge in [0.2, 0.25) is 0 Å². The lowest BCUT2D eigenvalue weighted by Crippen LogP contribution is -2.42. The van der Waals surface area contributed by atoms with Crippen LogP contribution in [-0.4, -0.2) is 38.1 Å². The smallest absolute Gasteiger partial charge is 0.322 e. The van der Waals surface area contributed by atoms with Crippen molar-refractivity contribution in [2.24, 2.45) is 14.1 Å². The van der Waals surface area contributed by atoms with Crippen LogP contribution in [0.15, 0.2) is 50.9 Å². The highest BCUT2D eigenvalue weighted by molar-refractivity contribution is 5.78. The van der Waals surface area contributed by atoms with Gasteiger partial charge in [0.15, 0.2) is 0 Å². The Kier molecular flexibility index (Phi) is 5.21. The van der Waals surface area contributed by atoms with E-state index < -0.39 is 0 Å². The molecule has 1 aromatic carbocycles. The molecule has 2 N–H and O–H groups in total. The van der Waals surface area contributed by atoms with Crippen LogP contribution in [0.4, 0.5) is 0 Å². The second-order valence-electron chi connectivity index (χ2n) is 7.67. The van der Waals surface area contributed by atoms with Crippen molar-refractivity contribution in [3.63, 3.8) is 0 Å². The van der Waals surface area contributed by atoms with Gasteiger partial charge in [-0.15, -0.1) is 0 Å². The fourth-order valence-electron chi connectivity index (χ4n) is 4.00. The number of nitrogens with one attached hydrogen (secondary N) is 2. The molecule has 0 radical (unpaired) electrons. The number of aromatic nitrogens is 3. The fourth-order valence-corrected chi connectivity index (χ4v) is 4.00. The van der Waals surface area contributed by atoms with E-state index in [0.717, 1.165) is 35.0 Å². The van der Waals surface area contributed by atoms with E-state index in [9.17, 15) is 14.4 Å². The van der Waals surface area contributed by atoms with Crippen LogP contribution >= 0.6 is 0 Å². The summed E-state index contributed by atoms with van der Waals surface area (Å²) in [5.41, 5.74) is 1.25. The first-order valence-corrected chi connectivity index (χ1v) is 9.75. The molecule has 8 nitrogen and oxygen atoms in total. The van der Waals surface area contributed by atoms with Crippen molar-refractivity contribution in [1.29, 1.82) is 0 Å². The van der Waals surface area contributed by atoms with Crippen LogP contribution in [-0.2, 0) is 27.2 Å². The first-order chi connectivity index (χ1) is 13.9. The number of hydrogen-bond acceptors (Lipinski definition) is 5. The number of aryl methyl sites for hydroxylation is 1. The van der Waals surface area contributed by atoms with Crippen molar-refractivity contribution in [2.45, 2.75) is 25.6 Å². The molecule has 1 unspecified atom stereocenters. The molecule has 3 heterocycles. The number of benzene rings is 1. The Balaban J connectivity index is 1.71. The largest absolute Gasteiger partial charge is 0.330 e. The van der Waals surface area contributed by atoms with Gasteiger partial charge in [-0.25, -0.2) is 4.79 Å². The van der Waals surface area contributed by atoms with Gasteiger partial charge in [0.05, 0.1) is 0 Å². The quantitative estimate of drug-likeness (QED) is 0.648. The third-order valence-electron chi connectivity index (χ3n) is 5.65. The summed E-state index contributed by atoms with van der Waals surface area (Å²) in [7, 11) is 3.13. The van der Waals surface area contributed by atoms with Gasteiger partial charge in [0.25, 0.3) is 11.1 Å². The Labute approximate surface area is 167 Å². The molecule has 1 atom stereocenters. The zero-order valence-electron chi connectivity index (χ0n) is 16.6. The van der Waals surface area contributed by atoms with Gasteiger partial charge in [-0.1, -0.05) is 18.2 Å². The Morgan fingerprint density at radius 3 is 2.62 bits per heavy atom.